The van der Waals surface area contributed by atoms with Crippen molar-refractivity contribution in [1.82, 2.24) is 9.21 Å². The van der Waals surface area contributed by atoms with Crippen LogP contribution in [0, 0.1) is 11.6 Å². The third-order valence-corrected chi connectivity index (χ3v) is 6.94. The molecule has 28 heavy (non-hydrogen) atoms. The van der Waals surface area contributed by atoms with E-state index in [4.69, 9.17) is 4.74 Å². The standard InChI is InChI=1S/C19H18F2N2O4S/c20-14-5-3-6-15(21)18(14)28(25,26)23-10-8-22(9-11-23)19(24)17-12-13-4-1-2-7-16(13)27-17/h1-7,17H,8-12H2/t17-/m1/s1. The number of hydrogen-bond donors (Lipinski definition) is 0. The Bertz CT molecular complexity index is 975. The number of para-hydroxylation sites is 1. The largest absolute Gasteiger partial charge is 0.480 e. The molecule has 0 saturated carbocycles. The summed E-state index contributed by atoms with van der Waals surface area (Å²) < 4.78 is 59.8. The lowest BCUT2D eigenvalue weighted by atomic mass is 10.1. The summed E-state index contributed by atoms with van der Waals surface area (Å²) in [6, 6.07) is 10.3. The highest BCUT2D eigenvalue weighted by Gasteiger charge is 2.37. The van der Waals surface area contributed by atoms with Gasteiger partial charge in [-0.15, -0.1) is 0 Å². The van der Waals surface area contributed by atoms with Crippen molar-refractivity contribution >= 4 is 15.9 Å². The maximum Gasteiger partial charge on any atom is 0.264 e. The molecular formula is C19H18F2N2O4S. The number of benzene rings is 2. The topological polar surface area (TPSA) is 66.9 Å². The predicted molar refractivity (Wildman–Crippen MR) is 96.3 cm³/mol. The molecule has 1 atom stereocenters. The summed E-state index contributed by atoms with van der Waals surface area (Å²) in [5.41, 5.74) is 0.956. The minimum absolute atomic E-state index is 0.0402. The molecule has 0 bridgehead atoms. The summed E-state index contributed by atoms with van der Waals surface area (Å²) in [4.78, 5) is 13.3. The number of carbonyl (C=O) groups excluding carboxylic acids is 1. The van der Waals surface area contributed by atoms with E-state index in [-0.39, 0.29) is 32.1 Å². The lowest BCUT2D eigenvalue weighted by molar-refractivity contribution is -0.139. The van der Waals surface area contributed by atoms with Crippen LogP contribution in [0.15, 0.2) is 47.4 Å². The molecule has 0 aromatic heterocycles. The summed E-state index contributed by atoms with van der Waals surface area (Å²) >= 11 is 0. The molecule has 2 aromatic rings. The molecule has 0 N–H and O–H groups in total. The molecule has 1 fully saturated rings. The smallest absolute Gasteiger partial charge is 0.264 e. The van der Waals surface area contributed by atoms with Gasteiger partial charge in [-0.25, -0.2) is 17.2 Å². The van der Waals surface area contributed by atoms with E-state index in [1.807, 2.05) is 18.2 Å². The Kier molecular flexibility index (Phi) is 4.80. The second kappa shape index (κ2) is 7.14. The molecule has 148 valence electrons. The number of rotatable bonds is 3. The normalized spacial score (nSPS) is 19.9. The Morgan fingerprint density at radius 1 is 0.964 bits per heavy atom. The van der Waals surface area contributed by atoms with Crippen molar-refractivity contribution in [1.29, 1.82) is 0 Å². The van der Waals surface area contributed by atoms with Crippen LogP contribution in [0.25, 0.3) is 0 Å². The molecule has 2 aliphatic rings. The zero-order chi connectivity index (χ0) is 19.9. The third kappa shape index (κ3) is 3.24. The molecular weight excluding hydrogens is 390 g/mol. The van der Waals surface area contributed by atoms with Gasteiger partial charge in [-0.1, -0.05) is 24.3 Å². The molecule has 2 aliphatic heterocycles. The van der Waals surface area contributed by atoms with Crippen molar-refractivity contribution in [3.8, 4) is 5.75 Å². The summed E-state index contributed by atoms with van der Waals surface area (Å²) in [6.07, 6.45) is -0.168. The number of hydrogen-bond acceptors (Lipinski definition) is 4. The molecule has 0 radical (unpaired) electrons. The van der Waals surface area contributed by atoms with E-state index in [1.54, 1.807) is 6.07 Å². The van der Waals surface area contributed by atoms with Gasteiger partial charge in [0.05, 0.1) is 0 Å². The lowest BCUT2D eigenvalue weighted by Gasteiger charge is -2.35. The fourth-order valence-corrected chi connectivity index (χ4v) is 5.06. The van der Waals surface area contributed by atoms with Gasteiger partial charge in [0, 0.05) is 32.6 Å². The SMILES string of the molecule is O=C([C@H]1Cc2ccccc2O1)N1CCN(S(=O)(=O)c2c(F)cccc2F)CC1. The summed E-state index contributed by atoms with van der Waals surface area (Å²) in [7, 11) is -4.32. The molecule has 0 spiro atoms. The van der Waals surface area contributed by atoms with Gasteiger partial charge in [-0.05, 0) is 23.8 Å². The van der Waals surface area contributed by atoms with Crippen LogP contribution in [0.2, 0.25) is 0 Å². The first-order valence-electron chi connectivity index (χ1n) is 8.85. The monoisotopic (exact) mass is 408 g/mol. The van der Waals surface area contributed by atoms with Gasteiger partial charge in [0.15, 0.2) is 11.0 Å². The molecule has 2 heterocycles. The number of sulfonamides is 1. The van der Waals surface area contributed by atoms with Crippen molar-refractivity contribution in [2.45, 2.75) is 17.4 Å². The number of nitrogens with zero attached hydrogens (tertiary/aromatic N) is 2. The molecule has 9 heteroatoms. The van der Waals surface area contributed by atoms with Crippen molar-refractivity contribution < 1.29 is 26.7 Å². The number of amides is 1. The van der Waals surface area contributed by atoms with E-state index in [1.165, 1.54) is 4.90 Å². The lowest BCUT2D eigenvalue weighted by Crippen LogP contribution is -2.53. The van der Waals surface area contributed by atoms with Gasteiger partial charge in [0.2, 0.25) is 10.0 Å². The molecule has 2 aromatic carbocycles. The van der Waals surface area contributed by atoms with Crippen molar-refractivity contribution in [3.05, 3.63) is 59.7 Å². The van der Waals surface area contributed by atoms with Crippen molar-refractivity contribution in [3.63, 3.8) is 0 Å². The second-order valence-electron chi connectivity index (χ2n) is 6.70. The van der Waals surface area contributed by atoms with E-state index in [0.717, 1.165) is 28.1 Å². The molecule has 0 unspecified atom stereocenters. The van der Waals surface area contributed by atoms with E-state index < -0.39 is 32.7 Å². The fraction of sp³-hybridized carbons (Fsp3) is 0.316. The highest BCUT2D eigenvalue weighted by molar-refractivity contribution is 7.89. The van der Waals surface area contributed by atoms with Gasteiger partial charge in [-0.2, -0.15) is 4.31 Å². The maximum atomic E-state index is 13.9. The van der Waals surface area contributed by atoms with Crippen LogP contribution >= 0.6 is 0 Å². The average Bonchev–Trinajstić information content (AvgIpc) is 3.11. The Morgan fingerprint density at radius 3 is 2.25 bits per heavy atom. The van der Waals surface area contributed by atoms with Crippen LogP contribution < -0.4 is 4.74 Å². The molecule has 0 aliphatic carbocycles. The predicted octanol–water partition coefficient (Wildman–Crippen LogP) is 1.80. The molecule has 1 amide bonds. The first-order chi connectivity index (χ1) is 13.4. The fourth-order valence-electron chi connectivity index (χ4n) is 3.53. The van der Waals surface area contributed by atoms with Gasteiger partial charge in [-0.3, -0.25) is 4.79 Å². The Hall–Kier alpha value is -2.52. The van der Waals surface area contributed by atoms with Gasteiger partial charge >= 0.3 is 0 Å². The Labute approximate surface area is 161 Å². The summed E-state index contributed by atoms with van der Waals surface area (Å²) in [5, 5.41) is 0. The van der Waals surface area contributed by atoms with E-state index in [9.17, 15) is 22.0 Å². The number of ether oxygens (including phenoxy) is 1. The highest BCUT2D eigenvalue weighted by atomic mass is 32.2. The van der Waals surface area contributed by atoms with Crippen molar-refractivity contribution in [2.75, 3.05) is 26.2 Å². The maximum absolute atomic E-state index is 13.9. The zero-order valence-electron chi connectivity index (χ0n) is 14.8. The number of fused-ring (bicyclic) bond motifs is 1. The number of piperazine rings is 1. The minimum atomic E-state index is -4.32. The van der Waals surface area contributed by atoms with E-state index in [0.29, 0.717) is 12.2 Å². The van der Waals surface area contributed by atoms with Crippen LogP contribution in [0.1, 0.15) is 5.56 Å². The first kappa shape index (κ1) is 18.8. The van der Waals surface area contributed by atoms with Crippen LogP contribution in [0.5, 0.6) is 5.75 Å². The van der Waals surface area contributed by atoms with Gasteiger partial charge in [0.25, 0.3) is 5.91 Å². The van der Waals surface area contributed by atoms with Gasteiger partial charge in [0.1, 0.15) is 17.4 Å². The third-order valence-electron chi connectivity index (χ3n) is 4.99. The van der Waals surface area contributed by atoms with Crippen LogP contribution in [-0.4, -0.2) is 55.8 Å². The van der Waals surface area contributed by atoms with Crippen LogP contribution in [0.3, 0.4) is 0 Å². The van der Waals surface area contributed by atoms with E-state index in [2.05, 4.69) is 0 Å². The molecule has 4 rings (SSSR count). The average molecular weight is 408 g/mol. The van der Waals surface area contributed by atoms with E-state index >= 15 is 0 Å². The Morgan fingerprint density at radius 2 is 1.61 bits per heavy atom. The molecule has 1 saturated heterocycles. The van der Waals surface area contributed by atoms with Crippen molar-refractivity contribution in [2.24, 2.45) is 0 Å². The quantitative estimate of drug-likeness (QED) is 0.777. The summed E-state index contributed by atoms with van der Waals surface area (Å²) in [5.74, 6) is -1.80. The minimum Gasteiger partial charge on any atom is -0.480 e. The Balaban J connectivity index is 1.43. The van der Waals surface area contributed by atoms with Crippen LogP contribution in [-0.2, 0) is 21.2 Å². The second-order valence-corrected chi connectivity index (χ2v) is 8.57. The zero-order valence-corrected chi connectivity index (χ0v) is 15.7. The molecule has 6 nitrogen and oxygen atoms in total. The first-order valence-corrected chi connectivity index (χ1v) is 10.3. The van der Waals surface area contributed by atoms with Crippen LogP contribution in [0.4, 0.5) is 8.78 Å². The highest BCUT2D eigenvalue weighted by Crippen LogP contribution is 2.29. The summed E-state index contributed by atoms with van der Waals surface area (Å²) in [6.45, 7) is 0.178. The van der Waals surface area contributed by atoms with Gasteiger partial charge < -0.3 is 9.64 Å². The number of halogens is 2. The number of carbonyl (C=O) groups is 1.